The molecule has 160 valence electrons. The second-order valence-corrected chi connectivity index (χ2v) is 8.72. The Hall–Kier alpha value is -2.97. The Morgan fingerprint density at radius 2 is 2.00 bits per heavy atom. The Morgan fingerprint density at radius 3 is 2.77 bits per heavy atom. The summed E-state index contributed by atoms with van der Waals surface area (Å²) < 4.78 is 1.42. The Bertz CT molecular complexity index is 1220. The van der Waals surface area contributed by atoms with Crippen LogP contribution in [0.5, 0.6) is 0 Å². The third kappa shape index (κ3) is 4.40. The highest BCUT2D eigenvalue weighted by molar-refractivity contribution is 7.17. The fourth-order valence-electron chi connectivity index (χ4n) is 3.63. The van der Waals surface area contributed by atoms with E-state index in [1.54, 1.807) is 24.3 Å². The molecule has 0 saturated heterocycles. The molecule has 0 unspecified atom stereocenters. The summed E-state index contributed by atoms with van der Waals surface area (Å²) >= 11 is 7.44. The molecule has 0 bridgehead atoms. The van der Waals surface area contributed by atoms with E-state index in [1.165, 1.54) is 28.3 Å². The highest BCUT2D eigenvalue weighted by Gasteiger charge is 2.27. The number of carbonyl (C=O) groups is 2. The fraction of sp³-hybridized carbons (Fsp3) is 0.273. The summed E-state index contributed by atoms with van der Waals surface area (Å²) in [5, 5.41) is 10.8. The highest BCUT2D eigenvalue weighted by Crippen LogP contribution is 2.38. The summed E-state index contributed by atoms with van der Waals surface area (Å²) in [6, 6.07) is 8.22. The van der Waals surface area contributed by atoms with Gasteiger partial charge in [0.15, 0.2) is 5.69 Å². The number of nitrogens with zero attached hydrogens (tertiary/aromatic N) is 2. The van der Waals surface area contributed by atoms with Gasteiger partial charge in [-0.15, -0.1) is 11.3 Å². The zero-order valence-electron chi connectivity index (χ0n) is 16.9. The number of carbonyl (C=O) groups excluding carboxylic acids is 2. The molecular weight excluding hydrogens is 436 g/mol. The minimum absolute atomic E-state index is 0.213. The third-order valence-electron chi connectivity index (χ3n) is 5.06. The largest absolute Gasteiger partial charge is 0.352 e. The lowest BCUT2D eigenvalue weighted by Gasteiger charge is -2.13. The van der Waals surface area contributed by atoms with Crippen LogP contribution in [0.1, 0.15) is 51.1 Å². The zero-order chi connectivity index (χ0) is 22.0. The Morgan fingerprint density at radius 1 is 1.19 bits per heavy atom. The van der Waals surface area contributed by atoms with Gasteiger partial charge in [-0.3, -0.25) is 14.4 Å². The van der Waals surface area contributed by atoms with E-state index in [4.69, 9.17) is 11.6 Å². The lowest BCUT2D eigenvalue weighted by Crippen LogP contribution is -2.28. The minimum atomic E-state index is -0.648. The molecule has 2 N–H and O–H groups in total. The molecule has 0 radical (unpaired) electrons. The van der Waals surface area contributed by atoms with Crippen LogP contribution in [-0.2, 0) is 12.8 Å². The molecule has 2 amide bonds. The molecule has 0 saturated carbocycles. The van der Waals surface area contributed by atoms with E-state index >= 15 is 0 Å². The van der Waals surface area contributed by atoms with Gasteiger partial charge in [0.25, 0.3) is 11.8 Å². The number of anilines is 1. The first-order valence-electron chi connectivity index (χ1n) is 10.1. The predicted molar refractivity (Wildman–Crippen MR) is 122 cm³/mol. The Balaban J connectivity index is 1.69. The van der Waals surface area contributed by atoms with Crippen molar-refractivity contribution in [1.29, 1.82) is 0 Å². The number of hydrogen-bond donors (Lipinski definition) is 2. The van der Waals surface area contributed by atoms with Crippen LogP contribution in [0.3, 0.4) is 0 Å². The number of thiophene rings is 1. The van der Waals surface area contributed by atoms with Gasteiger partial charge < -0.3 is 10.6 Å². The van der Waals surface area contributed by atoms with Gasteiger partial charge >= 0.3 is 0 Å². The molecular formula is C22H21ClN4O3S. The number of aromatic nitrogens is 2. The number of halogens is 1. The van der Waals surface area contributed by atoms with Crippen molar-refractivity contribution >= 4 is 39.8 Å². The average Bonchev–Trinajstić information content (AvgIpc) is 3.12. The molecule has 3 aromatic rings. The number of aryl methyl sites for hydroxylation is 1. The lowest BCUT2D eigenvalue weighted by molar-refractivity contribution is 0.0956. The van der Waals surface area contributed by atoms with E-state index in [9.17, 15) is 14.4 Å². The molecule has 2 heterocycles. The number of benzene rings is 1. The molecule has 0 fully saturated rings. The van der Waals surface area contributed by atoms with Gasteiger partial charge in [-0.2, -0.15) is 5.10 Å². The highest BCUT2D eigenvalue weighted by atomic mass is 35.5. The predicted octanol–water partition coefficient (Wildman–Crippen LogP) is 3.83. The Labute approximate surface area is 188 Å². The van der Waals surface area contributed by atoms with Crippen LogP contribution in [0, 0.1) is 0 Å². The van der Waals surface area contributed by atoms with Crippen molar-refractivity contribution in [1.82, 2.24) is 15.1 Å². The van der Waals surface area contributed by atoms with Gasteiger partial charge in [0.05, 0.1) is 11.3 Å². The molecule has 2 aromatic heterocycles. The minimum Gasteiger partial charge on any atom is -0.352 e. The molecule has 1 aliphatic rings. The van der Waals surface area contributed by atoms with E-state index in [2.05, 4.69) is 15.7 Å². The second-order valence-electron chi connectivity index (χ2n) is 7.18. The van der Waals surface area contributed by atoms with Crippen LogP contribution in [0.15, 0.2) is 41.3 Å². The van der Waals surface area contributed by atoms with Crippen molar-refractivity contribution in [2.75, 3.05) is 11.9 Å². The SMILES string of the molecule is CCNC(=O)c1c(NC(=O)c2nn(-c3cccc(Cl)c3)ccc2=O)sc2c1CCCC2. The summed E-state index contributed by atoms with van der Waals surface area (Å²) in [5.74, 6) is -0.861. The molecule has 31 heavy (non-hydrogen) atoms. The van der Waals surface area contributed by atoms with E-state index < -0.39 is 11.3 Å². The molecule has 0 aliphatic heterocycles. The number of rotatable bonds is 5. The van der Waals surface area contributed by atoms with E-state index in [-0.39, 0.29) is 11.6 Å². The van der Waals surface area contributed by atoms with Crippen molar-refractivity contribution in [3.63, 3.8) is 0 Å². The van der Waals surface area contributed by atoms with Crippen molar-refractivity contribution in [2.45, 2.75) is 32.6 Å². The first kappa shape index (κ1) is 21.3. The molecule has 4 rings (SSSR count). The summed E-state index contributed by atoms with van der Waals surface area (Å²) in [4.78, 5) is 39.2. The summed E-state index contributed by atoms with van der Waals surface area (Å²) in [7, 11) is 0. The normalized spacial score (nSPS) is 12.8. The third-order valence-corrected chi connectivity index (χ3v) is 6.50. The van der Waals surface area contributed by atoms with Crippen LogP contribution in [0.25, 0.3) is 5.69 Å². The zero-order valence-corrected chi connectivity index (χ0v) is 18.5. The van der Waals surface area contributed by atoms with Gasteiger partial charge in [0.2, 0.25) is 5.43 Å². The standard InChI is InChI=1S/C22H21ClN4O3S/c1-2-24-20(29)18-15-8-3-4-9-17(15)31-22(18)25-21(30)19-16(28)10-11-27(26-19)14-7-5-6-13(23)12-14/h5-7,10-12H,2-4,8-9H2,1H3,(H,24,29)(H,25,30). The topological polar surface area (TPSA) is 93.1 Å². The van der Waals surface area contributed by atoms with Gasteiger partial charge in [0, 0.05) is 28.7 Å². The number of amides is 2. The van der Waals surface area contributed by atoms with Crippen LogP contribution >= 0.6 is 22.9 Å². The first-order chi connectivity index (χ1) is 15.0. The van der Waals surface area contributed by atoms with E-state index in [0.717, 1.165) is 36.1 Å². The maximum atomic E-state index is 13.0. The maximum absolute atomic E-state index is 13.0. The van der Waals surface area contributed by atoms with Crippen LogP contribution < -0.4 is 16.1 Å². The Kier molecular flexibility index (Phi) is 6.20. The monoisotopic (exact) mass is 456 g/mol. The van der Waals surface area contributed by atoms with Gasteiger partial charge in [-0.25, -0.2) is 4.68 Å². The van der Waals surface area contributed by atoms with E-state index in [1.807, 2.05) is 6.92 Å². The van der Waals surface area contributed by atoms with Gasteiger partial charge in [0.1, 0.15) is 5.00 Å². The number of nitrogens with one attached hydrogen (secondary N) is 2. The molecule has 7 nitrogen and oxygen atoms in total. The molecule has 1 aliphatic carbocycles. The van der Waals surface area contributed by atoms with Crippen molar-refractivity contribution in [3.8, 4) is 5.69 Å². The number of fused-ring (bicyclic) bond motifs is 1. The molecule has 1 aromatic carbocycles. The summed E-state index contributed by atoms with van der Waals surface area (Å²) in [6.07, 6.45) is 5.23. The quantitative estimate of drug-likeness (QED) is 0.610. The molecule has 9 heteroatoms. The lowest BCUT2D eigenvalue weighted by atomic mass is 9.95. The maximum Gasteiger partial charge on any atom is 0.280 e. The van der Waals surface area contributed by atoms with E-state index in [0.29, 0.717) is 27.8 Å². The second kappa shape index (κ2) is 9.03. The van der Waals surface area contributed by atoms with Crippen molar-refractivity contribution in [3.05, 3.63) is 73.5 Å². The fourth-order valence-corrected chi connectivity index (χ4v) is 5.10. The van der Waals surface area contributed by atoms with Gasteiger partial charge in [-0.05, 0) is 56.4 Å². The summed E-state index contributed by atoms with van der Waals surface area (Å²) in [5.41, 5.74) is 1.36. The van der Waals surface area contributed by atoms with Crippen LogP contribution in [-0.4, -0.2) is 28.1 Å². The smallest absolute Gasteiger partial charge is 0.280 e. The average molecular weight is 457 g/mol. The van der Waals surface area contributed by atoms with Crippen LogP contribution in [0.4, 0.5) is 5.00 Å². The molecule has 0 spiro atoms. The first-order valence-corrected chi connectivity index (χ1v) is 11.3. The van der Waals surface area contributed by atoms with Crippen molar-refractivity contribution in [2.24, 2.45) is 0 Å². The van der Waals surface area contributed by atoms with Crippen LogP contribution in [0.2, 0.25) is 5.02 Å². The summed E-state index contributed by atoms with van der Waals surface area (Å²) in [6.45, 7) is 2.34. The van der Waals surface area contributed by atoms with Crippen molar-refractivity contribution < 1.29 is 9.59 Å². The molecule has 0 atom stereocenters. The number of hydrogen-bond acceptors (Lipinski definition) is 5. The van der Waals surface area contributed by atoms with Gasteiger partial charge in [-0.1, -0.05) is 17.7 Å².